The van der Waals surface area contributed by atoms with Crippen molar-refractivity contribution in [3.63, 3.8) is 0 Å². The number of nitrogens with two attached hydrogens (primary N) is 1. The highest BCUT2D eigenvalue weighted by Crippen LogP contribution is 2.16. The second-order valence-electron chi connectivity index (χ2n) is 4.71. The number of rotatable bonds is 7. The van der Waals surface area contributed by atoms with Crippen LogP contribution in [0.2, 0.25) is 0 Å². The number of Topliss-reactive ketones (excluding diaryl/α,β-unsaturated/α-hetero) is 1. The Bertz CT molecular complexity index is 610. The van der Waals surface area contributed by atoms with Gasteiger partial charge in [-0.25, -0.2) is 0 Å². The Labute approximate surface area is 124 Å². The summed E-state index contributed by atoms with van der Waals surface area (Å²) < 4.78 is 11.2. The molecule has 0 amide bonds. The Balaban J connectivity index is 1.72. The molecule has 2 N–H and O–H groups in total. The molecule has 0 saturated heterocycles. The third kappa shape index (κ3) is 4.84. The Morgan fingerprint density at radius 1 is 1.00 bits per heavy atom. The van der Waals surface area contributed by atoms with Crippen LogP contribution in [0.15, 0.2) is 48.5 Å². The van der Waals surface area contributed by atoms with E-state index in [1.807, 2.05) is 30.3 Å². The average molecular weight is 285 g/mol. The lowest BCUT2D eigenvalue weighted by Gasteiger charge is -2.09. The van der Waals surface area contributed by atoms with E-state index in [1.165, 1.54) is 0 Å². The molecular weight excluding hydrogens is 266 g/mol. The number of nitrogen functional groups attached to an aromatic ring is 1. The summed E-state index contributed by atoms with van der Waals surface area (Å²) in [5.41, 5.74) is 7.01. The SMILES string of the molecule is CC(=O)c1cccc(OCCCOc2cccc(N)c2)c1. The van der Waals surface area contributed by atoms with E-state index >= 15 is 0 Å². The van der Waals surface area contributed by atoms with Crippen molar-refractivity contribution in [3.05, 3.63) is 54.1 Å². The van der Waals surface area contributed by atoms with Crippen LogP contribution in [0.25, 0.3) is 0 Å². The van der Waals surface area contributed by atoms with Gasteiger partial charge in [-0.1, -0.05) is 18.2 Å². The van der Waals surface area contributed by atoms with Gasteiger partial charge >= 0.3 is 0 Å². The lowest BCUT2D eigenvalue weighted by Crippen LogP contribution is -2.05. The summed E-state index contributed by atoms with van der Waals surface area (Å²) in [6.07, 6.45) is 0.749. The molecule has 0 aliphatic heterocycles. The molecule has 0 radical (unpaired) electrons. The normalized spacial score (nSPS) is 10.1. The zero-order valence-electron chi connectivity index (χ0n) is 12.0. The van der Waals surface area contributed by atoms with Crippen LogP contribution in [0.5, 0.6) is 11.5 Å². The quantitative estimate of drug-likeness (QED) is 0.481. The van der Waals surface area contributed by atoms with Gasteiger partial charge in [-0.15, -0.1) is 0 Å². The van der Waals surface area contributed by atoms with Crippen LogP contribution >= 0.6 is 0 Å². The topological polar surface area (TPSA) is 61.5 Å². The van der Waals surface area contributed by atoms with Gasteiger partial charge in [-0.05, 0) is 31.2 Å². The zero-order valence-corrected chi connectivity index (χ0v) is 12.0. The van der Waals surface area contributed by atoms with E-state index in [0.717, 1.165) is 12.2 Å². The van der Waals surface area contributed by atoms with Gasteiger partial charge in [-0.3, -0.25) is 4.79 Å². The summed E-state index contributed by atoms with van der Waals surface area (Å²) >= 11 is 0. The molecule has 0 aromatic heterocycles. The van der Waals surface area contributed by atoms with E-state index in [1.54, 1.807) is 25.1 Å². The van der Waals surface area contributed by atoms with Crippen molar-refractivity contribution < 1.29 is 14.3 Å². The third-order valence-corrected chi connectivity index (χ3v) is 2.92. The van der Waals surface area contributed by atoms with Crippen LogP contribution in [-0.2, 0) is 0 Å². The first-order valence-corrected chi connectivity index (χ1v) is 6.87. The number of ether oxygens (including phenoxy) is 2. The van der Waals surface area contributed by atoms with Crippen molar-refractivity contribution >= 4 is 11.5 Å². The molecule has 21 heavy (non-hydrogen) atoms. The largest absolute Gasteiger partial charge is 0.493 e. The summed E-state index contributed by atoms with van der Waals surface area (Å²) in [5, 5.41) is 0. The summed E-state index contributed by atoms with van der Waals surface area (Å²) in [6, 6.07) is 14.5. The molecule has 4 heteroatoms. The van der Waals surface area contributed by atoms with Gasteiger partial charge in [0.15, 0.2) is 5.78 Å². The minimum atomic E-state index is 0.0328. The fourth-order valence-corrected chi connectivity index (χ4v) is 1.85. The maximum absolute atomic E-state index is 11.3. The average Bonchev–Trinajstić information content (AvgIpc) is 2.47. The number of carbonyl (C=O) groups is 1. The van der Waals surface area contributed by atoms with Gasteiger partial charge < -0.3 is 15.2 Å². The van der Waals surface area contributed by atoms with E-state index in [9.17, 15) is 4.79 Å². The highest BCUT2D eigenvalue weighted by atomic mass is 16.5. The molecule has 2 aromatic carbocycles. The molecule has 4 nitrogen and oxygen atoms in total. The Hall–Kier alpha value is -2.49. The Morgan fingerprint density at radius 2 is 1.62 bits per heavy atom. The van der Waals surface area contributed by atoms with Crippen LogP contribution in [0.4, 0.5) is 5.69 Å². The predicted octanol–water partition coefficient (Wildman–Crippen LogP) is 3.32. The van der Waals surface area contributed by atoms with Crippen LogP contribution in [0.1, 0.15) is 23.7 Å². The van der Waals surface area contributed by atoms with E-state index in [4.69, 9.17) is 15.2 Å². The van der Waals surface area contributed by atoms with Crippen LogP contribution < -0.4 is 15.2 Å². The second kappa shape index (κ2) is 7.33. The van der Waals surface area contributed by atoms with Gasteiger partial charge in [0.05, 0.1) is 13.2 Å². The number of hydrogen-bond donors (Lipinski definition) is 1. The summed E-state index contributed by atoms with van der Waals surface area (Å²) in [7, 11) is 0. The molecule has 0 aliphatic carbocycles. The third-order valence-electron chi connectivity index (χ3n) is 2.92. The monoisotopic (exact) mass is 285 g/mol. The van der Waals surface area contributed by atoms with Crippen molar-refractivity contribution in [3.8, 4) is 11.5 Å². The van der Waals surface area contributed by atoms with E-state index in [-0.39, 0.29) is 5.78 Å². The first-order valence-electron chi connectivity index (χ1n) is 6.87. The molecule has 0 atom stereocenters. The van der Waals surface area contributed by atoms with Gasteiger partial charge in [0, 0.05) is 23.7 Å². The molecule has 0 saturated carbocycles. The highest BCUT2D eigenvalue weighted by Gasteiger charge is 2.01. The van der Waals surface area contributed by atoms with Crippen LogP contribution in [0.3, 0.4) is 0 Å². The first-order chi connectivity index (χ1) is 10.1. The minimum absolute atomic E-state index is 0.0328. The Morgan fingerprint density at radius 3 is 2.24 bits per heavy atom. The lowest BCUT2D eigenvalue weighted by molar-refractivity contribution is 0.101. The van der Waals surface area contributed by atoms with Crippen molar-refractivity contribution in [2.75, 3.05) is 18.9 Å². The summed E-state index contributed by atoms with van der Waals surface area (Å²) in [4.78, 5) is 11.3. The zero-order chi connectivity index (χ0) is 15.1. The van der Waals surface area contributed by atoms with Gasteiger partial charge in [-0.2, -0.15) is 0 Å². The number of anilines is 1. The molecule has 2 rings (SSSR count). The van der Waals surface area contributed by atoms with Crippen LogP contribution in [-0.4, -0.2) is 19.0 Å². The van der Waals surface area contributed by atoms with Crippen molar-refractivity contribution in [2.45, 2.75) is 13.3 Å². The molecule has 0 spiro atoms. The second-order valence-corrected chi connectivity index (χ2v) is 4.71. The molecular formula is C17H19NO3. The predicted molar refractivity (Wildman–Crippen MR) is 82.9 cm³/mol. The molecule has 0 heterocycles. The van der Waals surface area contributed by atoms with E-state index in [0.29, 0.717) is 30.2 Å². The maximum atomic E-state index is 11.3. The van der Waals surface area contributed by atoms with Crippen molar-refractivity contribution in [2.24, 2.45) is 0 Å². The summed E-state index contributed by atoms with van der Waals surface area (Å²) in [6.45, 7) is 2.62. The van der Waals surface area contributed by atoms with Crippen molar-refractivity contribution in [1.29, 1.82) is 0 Å². The molecule has 0 bridgehead atoms. The number of carbonyl (C=O) groups excluding carboxylic acids is 1. The molecule has 0 fully saturated rings. The molecule has 110 valence electrons. The minimum Gasteiger partial charge on any atom is -0.493 e. The fraction of sp³-hybridized carbons (Fsp3) is 0.235. The Kier molecular flexibility index (Phi) is 5.21. The number of hydrogen-bond acceptors (Lipinski definition) is 4. The molecule has 0 aliphatic rings. The standard InChI is InChI=1S/C17H19NO3/c1-13(19)14-5-2-7-16(11-14)20-9-4-10-21-17-8-3-6-15(18)12-17/h2-3,5-8,11-12H,4,9-10,18H2,1H3. The number of benzene rings is 2. The van der Waals surface area contributed by atoms with E-state index < -0.39 is 0 Å². The van der Waals surface area contributed by atoms with E-state index in [2.05, 4.69) is 0 Å². The number of ketones is 1. The van der Waals surface area contributed by atoms with Crippen molar-refractivity contribution in [1.82, 2.24) is 0 Å². The lowest BCUT2D eigenvalue weighted by atomic mass is 10.1. The summed E-state index contributed by atoms with van der Waals surface area (Å²) in [5.74, 6) is 1.49. The van der Waals surface area contributed by atoms with Gasteiger partial charge in [0.1, 0.15) is 11.5 Å². The smallest absolute Gasteiger partial charge is 0.159 e. The first kappa shape index (κ1) is 14.9. The maximum Gasteiger partial charge on any atom is 0.159 e. The van der Waals surface area contributed by atoms with Crippen LogP contribution in [0, 0.1) is 0 Å². The van der Waals surface area contributed by atoms with Gasteiger partial charge in [0.25, 0.3) is 0 Å². The highest BCUT2D eigenvalue weighted by molar-refractivity contribution is 5.94. The fourth-order valence-electron chi connectivity index (χ4n) is 1.85. The van der Waals surface area contributed by atoms with Gasteiger partial charge in [0.2, 0.25) is 0 Å². The molecule has 0 unspecified atom stereocenters. The molecule has 2 aromatic rings.